The smallest absolute Gasteiger partial charge is 0.321 e. The van der Waals surface area contributed by atoms with Gasteiger partial charge in [0.2, 0.25) is 0 Å². The molecule has 2 N–H and O–H groups in total. The summed E-state index contributed by atoms with van der Waals surface area (Å²) in [7, 11) is 0. The number of pyridine rings is 1. The van der Waals surface area contributed by atoms with E-state index in [-0.39, 0.29) is 5.91 Å². The number of benzene rings is 1. The molecule has 5 nitrogen and oxygen atoms in total. The first-order chi connectivity index (χ1) is 13.6. The molecule has 3 aromatic rings. The average molecular weight is 408 g/mol. The van der Waals surface area contributed by atoms with E-state index in [1.54, 1.807) is 18.0 Å². The van der Waals surface area contributed by atoms with Gasteiger partial charge in [-0.2, -0.15) is 0 Å². The Hall–Kier alpha value is -2.90. The van der Waals surface area contributed by atoms with E-state index < -0.39 is 12.1 Å². The zero-order valence-corrected chi connectivity index (χ0v) is 16.6. The fourth-order valence-electron chi connectivity index (χ4n) is 2.84. The van der Waals surface area contributed by atoms with Crippen molar-refractivity contribution in [2.45, 2.75) is 22.8 Å². The van der Waals surface area contributed by atoms with E-state index in [9.17, 15) is 9.59 Å². The van der Waals surface area contributed by atoms with E-state index >= 15 is 0 Å². The van der Waals surface area contributed by atoms with Crippen molar-refractivity contribution in [1.29, 1.82) is 0 Å². The first-order valence-corrected chi connectivity index (χ1v) is 10.4. The van der Waals surface area contributed by atoms with Crippen molar-refractivity contribution < 1.29 is 9.59 Å². The van der Waals surface area contributed by atoms with Crippen LogP contribution in [0.3, 0.4) is 0 Å². The molecule has 0 aliphatic carbocycles. The normalized spacial score (nSPS) is 16.4. The maximum atomic E-state index is 11.9. The Labute approximate surface area is 170 Å². The van der Waals surface area contributed by atoms with Crippen LogP contribution in [0.1, 0.15) is 27.7 Å². The molecule has 4 rings (SSSR count). The van der Waals surface area contributed by atoms with Gasteiger partial charge >= 0.3 is 6.03 Å². The van der Waals surface area contributed by atoms with Crippen LogP contribution < -0.4 is 10.6 Å². The SMILES string of the molecule is Cc1cc(/C=C/c2ccc(Sc3ccsc3C3NC(=O)NC3=O)cc2)ccn1. The van der Waals surface area contributed by atoms with E-state index in [4.69, 9.17) is 0 Å². The molecule has 0 bridgehead atoms. The quantitative estimate of drug-likeness (QED) is 0.604. The van der Waals surface area contributed by atoms with Crippen LogP contribution in [0.4, 0.5) is 4.79 Å². The standard InChI is InChI=1S/C21H17N3O2S2/c1-13-12-15(8-10-22-13)3-2-14-4-6-16(7-5-14)28-17-9-11-27-19(17)18-20(25)24-21(26)23-18/h2-12,18H,1H3,(H2,23,24,25,26)/b3-2+. The highest BCUT2D eigenvalue weighted by molar-refractivity contribution is 7.99. The average Bonchev–Trinajstić information content (AvgIpc) is 3.26. The molecule has 7 heteroatoms. The van der Waals surface area contributed by atoms with Gasteiger partial charge in [-0.3, -0.25) is 15.1 Å². The molecule has 0 saturated carbocycles. The zero-order valence-electron chi connectivity index (χ0n) is 15.0. The number of thiophene rings is 1. The first kappa shape index (κ1) is 18.5. The molecular formula is C21H17N3O2S2. The van der Waals surface area contributed by atoms with Gasteiger partial charge in [0.15, 0.2) is 0 Å². The van der Waals surface area contributed by atoms with Gasteiger partial charge in [-0.1, -0.05) is 36.0 Å². The molecular weight excluding hydrogens is 390 g/mol. The fraction of sp³-hybridized carbons (Fsp3) is 0.0952. The van der Waals surface area contributed by atoms with Gasteiger partial charge in [-0.05, 0) is 53.8 Å². The summed E-state index contributed by atoms with van der Waals surface area (Å²) in [6, 6.07) is 13.2. The van der Waals surface area contributed by atoms with E-state index in [0.717, 1.165) is 31.5 Å². The minimum atomic E-state index is -0.610. The van der Waals surface area contributed by atoms with Crippen molar-refractivity contribution in [2.75, 3.05) is 0 Å². The number of rotatable bonds is 5. The summed E-state index contributed by atoms with van der Waals surface area (Å²) in [5.74, 6) is -0.305. The summed E-state index contributed by atoms with van der Waals surface area (Å²) in [6.07, 6.45) is 5.94. The van der Waals surface area contributed by atoms with Crippen LogP contribution in [0.15, 0.2) is 63.8 Å². The molecule has 1 aliphatic rings. The monoisotopic (exact) mass is 407 g/mol. The van der Waals surface area contributed by atoms with E-state index in [0.29, 0.717) is 0 Å². The second-order valence-corrected chi connectivity index (χ2v) is 8.34. The minimum absolute atomic E-state index is 0.305. The lowest BCUT2D eigenvalue weighted by molar-refractivity contribution is -0.120. The van der Waals surface area contributed by atoms with Crippen LogP contribution in [-0.2, 0) is 4.79 Å². The molecule has 0 spiro atoms. The highest BCUT2D eigenvalue weighted by Gasteiger charge is 2.33. The molecule has 1 fully saturated rings. The van der Waals surface area contributed by atoms with Crippen LogP contribution >= 0.6 is 23.1 Å². The Morgan fingerprint density at radius 3 is 2.57 bits per heavy atom. The topological polar surface area (TPSA) is 71.1 Å². The van der Waals surface area contributed by atoms with Crippen molar-refractivity contribution in [3.05, 3.63) is 75.7 Å². The predicted molar refractivity (Wildman–Crippen MR) is 112 cm³/mol. The van der Waals surface area contributed by atoms with Gasteiger partial charge in [-0.25, -0.2) is 4.79 Å². The molecule has 1 saturated heterocycles. The summed E-state index contributed by atoms with van der Waals surface area (Å²) in [5, 5.41) is 6.88. The van der Waals surface area contributed by atoms with Crippen molar-refractivity contribution in [3.8, 4) is 0 Å². The molecule has 140 valence electrons. The minimum Gasteiger partial charge on any atom is -0.321 e. The number of imide groups is 1. The van der Waals surface area contributed by atoms with E-state index in [1.807, 2.05) is 30.5 Å². The number of nitrogens with zero attached hydrogens (tertiary/aromatic N) is 1. The summed E-state index contributed by atoms with van der Waals surface area (Å²) in [5.41, 5.74) is 3.21. The molecule has 2 aromatic heterocycles. The Kier molecular flexibility index (Phi) is 5.27. The van der Waals surface area contributed by atoms with Crippen molar-refractivity contribution >= 4 is 47.2 Å². The predicted octanol–water partition coefficient (Wildman–Crippen LogP) is 4.65. The maximum Gasteiger partial charge on any atom is 0.322 e. The zero-order chi connectivity index (χ0) is 19.5. The number of nitrogens with one attached hydrogen (secondary N) is 2. The number of hydrogen-bond donors (Lipinski definition) is 2. The second-order valence-electron chi connectivity index (χ2n) is 6.28. The summed E-state index contributed by atoms with van der Waals surface area (Å²) in [4.78, 5) is 30.4. The molecule has 1 unspecified atom stereocenters. The first-order valence-electron chi connectivity index (χ1n) is 8.66. The number of carbonyl (C=O) groups is 2. The lowest BCUT2D eigenvalue weighted by Gasteiger charge is -2.08. The number of aryl methyl sites for hydroxylation is 1. The van der Waals surface area contributed by atoms with Crippen molar-refractivity contribution in [1.82, 2.24) is 15.6 Å². The van der Waals surface area contributed by atoms with E-state index in [1.165, 1.54) is 11.3 Å². The summed E-state index contributed by atoms with van der Waals surface area (Å²) >= 11 is 3.05. The van der Waals surface area contributed by atoms with Gasteiger partial charge in [0, 0.05) is 21.7 Å². The van der Waals surface area contributed by atoms with E-state index in [2.05, 4.69) is 52.0 Å². The maximum absolute atomic E-state index is 11.9. The third-order valence-electron chi connectivity index (χ3n) is 4.19. The fourth-order valence-corrected chi connectivity index (χ4v) is 4.92. The lowest BCUT2D eigenvalue weighted by Crippen LogP contribution is -2.22. The molecule has 1 aromatic carbocycles. The molecule has 1 atom stereocenters. The summed E-state index contributed by atoms with van der Waals surface area (Å²) in [6.45, 7) is 1.97. The Bertz CT molecular complexity index is 1060. The van der Waals surface area contributed by atoms with Crippen LogP contribution in [0, 0.1) is 6.92 Å². The van der Waals surface area contributed by atoms with Crippen LogP contribution in [-0.4, -0.2) is 16.9 Å². The van der Waals surface area contributed by atoms with Crippen LogP contribution in [0.2, 0.25) is 0 Å². The third kappa shape index (κ3) is 4.16. The highest BCUT2D eigenvalue weighted by Crippen LogP contribution is 2.37. The largest absolute Gasteiger partial charge is 0.322 e. The molecule has 3 heterocycles. The van der Waals surface area contributed by atoms with Crippen molar-refractivity contribution in [2.24, 2.45) is 0 Å². The number of urea groups is 1. The van der Waals surface area contributed by atoms with Gasteiger partial charge in [-0.15, -0.1) is 11.3 Å². The van der Waals surface area contributed by atoms with Gasteiger partial charge in [0.25, 0.3) is 5.91 Å². The van der Waals surface area contributed by atoms with Crippen LogP contribution in [0.5, 0.6) is 0 Å². The molecule has 28 heavy (non-hydrogen) atoms. The van der Waals surface area contributed by atoms with Gasteiger partial charge < -0.3 is 5.32 Å². The Balaban J connectivity index is 1.46. The Morgan fingerprint density at radius 2 is 1.86 bits per heavy atom. The number of hydrogen-bond acceptors (Lipinski definition) is 5. The number of amides is 3. The van der Waals surface area contributed by atoms with Crippen molar-refractivity contribution in [3.63, 3.8) is 0 Å². The molecule has 0 radical (unpaired) electrons. The number of aromatic nitrogens is 1. The molecule has 3 amide bonds. The second kappa shape index (κ2) is 8.00. The van der Waals surface area contributed by atoms with Gasteiger partial charge in [0.05, 0.1) is 4.88 Å². The van der Waals surface area contributed by atoms with Gasteiger partial charge in [0.1, 0.15) is 6.04 Å². The molecule has 1 aliphatic heterocycles. The third-order valence-corrected chi connectivity index (χ3v) is 6.39. The Morgan fingerprint density at radius 1 is 1.07 bits per heavy atom. The lowest BCUT2D eigenvalue weighted by atomic mass is 10.1. The summed E-state index contributed by atoms with van der Waals surface area (Å²) < 4.78 is 0. The highest BCUT2D eigenvalue weighted by atomic mass is 32.2. The van der Waals surface area contributed by atoms with Crippen LogP contribution in [0.25, 0.3) is 12.2 Å². The number of carbonyl (C=O) groups excluding carboxylic acids is 2.